The zero-order chi connectivity index (χ0) is 21.4. The van der Waals surface area contributed by atoms with E-state index in [9.17, 15) is 0 Å². The van der Waals surface area contributed by atoms with Crippen molar-refractivity contribution in [3.05, 3.63) is 117 Å². The van der Waals surface area contributed by atoms with Crippen LogP contribution in [-0.2, 0) is 10.8 Å². The summed E-state index contributed by atoms with van der Waals surface area (Å²) in [4.78, 5) is 2.70. The second-order valence-electron chi connectivity index (χ2n) is 9.54. The highest BCUT2D eigenvalue weighted by Crippen LogP contribution is 2.62. The minimum Gasteiger partial charge on any atom is -0.0894 e. The molecular formula is C29H23BrS. The largest absolute Gasteiger partial charge is 0.0894 e. The van der Waals surface area contributed by atoms with E-state index in [0.717, 1.165) is 4.47 Å². The van der Waals surface area contributed by atoms with Crippen LogP contribution in [0.1, 0.15) is 48.6 Å². The topological polar surface area (TPSA) is 0 Å². The summed E-state index contributed by atoms with van der Waals surface area (Å²) in [6.07, 6.45) is 0. The average Bonchev–Trinajstić information content (AvgIpc) is 3.03. The number of benzene rings is 4. The van der Waals surface area contributed by atoms with Crippen LogP contribution in [0.5, 0.6) is 0 Å². The van der Waals surface area contributed by atoms with Crippen LogP contribution in [0.3, 0.4) is 0 Å². The van der Waals surface area contributed by atoms with Crippen molar-refractivity contribution >= 4 is 27.7 Å². The quantitative estimate of drug-likeness (QED) is 0.209. The molecule has 6 rings (SSSR count). The first-order chi connectivity index (χ1) is 14.9. The maximum Gasteiger partial charge on any atom is 0.0735 e. The van der Waals surface area contributed by atoms with E-state index < -0.39 is 0 Å². The Morgan fingerprint density at radius 3 is 1.81 bits per heavy atom. The molecule has 4 aromatic carbocycles. The van der Waals surface area contributed by atoms with Crippen LogP contribution in [0.15, 0.2) is 99.2 Å². The Morgan fingerprint density at radius 1 is 0.645 bits per heavy atom. The maximum atomic E-state index is 3.78. The first kappa shape index (κ1) is 19.4. The van der Waals surface area contributed by atoms with Gasteiger partial charge in [-0.1, -0.05) is 109 Å². The van der Waals surface area contributed by atoms with Gasteiger partial charge in [0.25, 0.3) is 0 Å². The van der Waals surface area contributed by atoms with Crippen molar-refractivity contribution in [3.8, 4) is 11.1 Å². The van der Waals surface area contributed by atoms with Crippen molar-refractivity contribution in [1.82, 2.24) is 0 Å². The molecule has 1 aliphatic heterocycles. The lowest BCUT2D eigenvalue weighted by Gasteiger charge is -2.40. The second-order valence-corrected chi connectivity index (χ2v) is 11.5. The second kappa shape index (κ2) is 6.60. The molecule has 4 aromatic rings. The molecule has 0 saturated heterocycles. The third-order valence-corrected chi connectivity index (χ3v) is 8.41. The molecule has 0 nitrogen and oxygen atoms in total. The Hall–Kier alpha value is -2.29. The van der Waals surface area contributed by atoms with Gasteiger partial charge < -0.3 is 0 Å². The van der Waals surface area contributed by atoms with Gasteiger partial charge in [0.1, 0.15) is 0 Å². The monoisotopic (exact) mass is 482 g/mol. The number of fused-ring (bicyclic) bond motifs is 9. The third-order valence-electron chi connectivity index (χ3n) is 6.77. The van der Waals surface area contributed by atoms with Crippen LogP contribution in [-0.4, -0.2) is 0 Å². The highest BCUT2D eigenvalue weighted by molar-refractivity contribution is 9.10. The van der Waals surface area contributed by atoms with E-state index in [0.29, 0.717) is 0 Å². The van der Waals surface area contributed by atoms with Gasteiger partial charge in [-0.15, -0.1) is 0 Å². The smallest absolute Gasteiger partial charge is 0.0735 e. The van der Waals surface area contributed by atoms with Gasteiger partial charge in [-0.2, -0.15) is 0 Å². The summed E-state index contributed by atoms with van der Waals surface area (Å²) in [6.45, 7) is 6.91. The summed E-state index contributed by atoms with van der Waals surface area (Å²) < 4.78 is 1.13. The van der Waals surface area contributed by atoms with Crippen molar-refractivity contribution in [2.45, 2.75) is 41.4 Å². The summed E-state index contributed by atoms with van der Waals surface area (Å²) >= 11 is 5.68. The van der Waals surface area contributed by atoms with Crippen LogP contribution in [0.4, 0.5) is 0 Å². The first-order valence-corrected chi connectivity index (χ1v) is 12.3. The number of hydrogen-bond donors (Lipinski definition) is 0. The Kier molecular flexibility index (Phi) is 4.13. The van der Waals surface area contributed by atoms with E-state index in [1.165, 1.54) is 48.7 Å². The number of hydrogen-bond acceptors (Lipinski definition) is 1. The molecule has 2 aliphatic rings. The molecule has 0 amide bonds. The van der Waals surface area contributed by atoms with Crippen molar-refractivity contribution < 1.29 is 0 Å². The molecule has 0 saturated carbocycles. The van der Waals surface area contributed by atoms with E-state index in [-0.39, 0.29) is 10.8 Å². The van der Waals surface area contributed by atoms with Gasteiger partial charge >= 0.3 is 0 Å². The normalized spacial score (nSPS) is 15.2. The molecule has 2 heteroatoms. The van der Waals surface area contributed by atoms with E-state index in [2.05, 4.69) is 122 Å². The highest BCUT2D eigenvalue weighted by atomic mass is 79.9. The fourth-order valence-electron chi connectivity index (χ4n) is 5.34. The van der Waals surface area contributed by atoms with E-state index in [4.69, 9.17) is 0 Å². The van der Waals surface area contributed by atoms with Crippen LogP contribution in [0.2, 0.25) is 0 Å². The summed E-state index contributed by atoms with van der Waals surface area (Å²) in [6, 6.07) is 31.9. The molecule has 1 heterocycles. The lowest BCUT2D eigenvalue weighted by molar-refractivity contribution is 0.587. The molecule has 152 valence electrons. The minimum absolute atomic E-state index is 0.0913. The van der Waals surface area contributed by atoms with Gasteiger partial charge in [-0.3, -0.25) is 0 Å². The lowest BCUT2D eigenvalue weighted by atomic mass is 9.66. The molecule has 0 radical (unpaired) electrons. The van der Waals surface area contributed by atoms with Crippen molar-refractivity contribution in [2.75, 3.05) is 0 Å². The fraction of sp³-hybridized carbons (Fsp3) is 0.172. The lowest BCUT2D eigenvalue weighted by Crippen LogP contribution is -2.32. The standard InChI is InChI=1S/C29H23BrS/c1-28(2,3)18-12-14-20-21-15-13-19(30)17-25(21)29(24(20)16-18)22-8-4-6-10-26(22)31-27-11-7-5-9-23(27)29/h4-17H,1-3H3. The van der Waals surface area contributed by atoms with Crippen molar-refractivity contribution in [2.24, 2.45) is 0 Å². The van der Waals surface area contributed by atoms with Gasteiger partial charge in [0.05, 0.1) is 5.41 Å². The SMILES string of the molecule is CC(C)(C)c1ccc2c(c1)C1(c3ccccc3Sc3ccccc31)c1cc(Br)ccc1-2. The van der Waals surface area contributed by atoms with Crippen molar-refractivity contribution in [3.63, 3.8) is 0 Å². The maximum absolute atomic E-state index is 3.78. The zero-order valence-corrected chi connectivity index (χ0v) is 20.3. The van der Waals surface area contributed by atoms with Gasteiger partial charge in [0.15, 0.2) is 0 Å². The van der Waals surface area contributed by atoms with Gasteiger partial charge in [-0.05, 0) is 68.6 Å². The van der Waals surface area contributed by atoms with Crippen LogP contribution < -0.4 is 0 Å². The molecule has 0 atom stereocenters. The van der Waals surface area contributed by atoms with Crippen LogP contribution in [0, 0.1) is 0 Å². The predicted molar refractivity (Wildman–Crippen MR) is 134 cm³/mol. The summed E-state index contributed by atoms with van der Waals surface area (Å²) in [7, 11) is 0. The van der Waals surface area contributed by atoms with Crippen LogP contribution >= 0.6 is 27.7 Å². The highest BCUT2D eigenvalue weighted by Gasteiger charge is 2.50. The Balaban J connectivity index is 1.83. The molecule has 0 fully saturated rings. The molecule has 31 heavy (non-hydrogen) atoms. The van der Waals surface area contributed by atoms with E-state index >= 15 is 0 Å². The van der Waals surface area contributed by atoms with Crippen LogP contribution in [0.25, 0.3) is 11.1 Å². The summed E-state index contributed by atoms with van der Waals surface area (Å²) in [5.74, 6) is 0. The van der Waals surface area contributed by atoms with Gasteiger partial charge in [0.2, 0.25) is 0 Å². The van der Waals surface area contributed by atoms with E-state index in [1.807, 2.05) is 11.8 Å². The number of halogens is 1. The van der Waals surface area contributed by atoms with E-state index in [1.54, 1.807) is 0 Å². The third kappa shape index (κ3) is 2.61. The number of rotatable bonds is 0. The molecule has 0 aromatic heterocycles. The molecule has 0 N–H and O–H groups in total. The zero-order valence-electron chi connectivity index (χ0n) is 17.9. The molecular weight excluding hydrogens is 460 g/mol. The minimum atomic E-state index is -0.297. The Labute approximate surface area is 196 Å². The van der Waals surface area contributed by atoms with Gasteiger partial charge in [-0.25, -0.2) is 0 Å². The Bertz CT molecular complexity index is 1310. The van der Waals surface area contributed by atoms with Crippen molar-refractivity contribution in [1.29, 1.82) is 0 Å². The Morgan fingerprint density at radius 2 is 1.19 bits per heavy atom. The summed E-state index contributed by atoms with van der Waals surface area (Å²) in [5, 5.41) is 0. The molecule has 0 bridgehead atoms. The predicted octanol–water partition coefficient (Wildman–Crippen LogP) is 8.57. The molecule has 1 aliphatic carbocycles. The molecule has 1 spiro atoms. The molecule has 0 unspecified atom stereocenters. The first-order valence-electron chi connectivity index (χ1n) is 10.7. The van der Waals surface area contributed by atoms with Gasteiger partial charge in [0, 0.05) is 14.3 Å². The average molecular weight is 483 g/mol. The summed E-state index contributed by atoms with van der Waals surface area (Å²) in [5.41, 5.74) is 9.44. The fourth-order valence-corrected chi connectivity index (χ4v) is 6.89.